The monoisotopic (exact) mass is 202 g/mol. The largest absolute Gasteiger partial charge is 0.396 e. The zero-order chi connectivity index (χ0) is 9.57. The van der Waals surface area contributed by atoms with Crippen molar-refractivity contribution in [2.24, 2.45) is 0 Å². The Hall–Kier alpha value is 0.310. The van der Waals surface area contributed by atoms with Gasteiger partial charge in [-0.3, -0.25) is 0 Å². The predicted molar refractivity (Wildman–Crippen MR) is 60.4 cm³/mol. The molecule has 0 unspecified atom stereocenters. The first-order valence-electron chi connectivity index (χ1n) is 5.60. The van der Waals surface area contributed by atoms with E-state index >= 15 is 0 Å². The SMILES string of the molecule is OCCCCCC1(S)CCCCC1. The lowest BCUT2D eigenvalue weighted by molar-refractivity contribution is 0.279. The maximum absolute atomic E-state index is 8.65. The molecule has 0 spiro atoms. The Labute approximate surface area is 87.3 Å². The number of thiol groups is 1. The average molecular weight is 202 g/mol. The van der Waals surface area contributed by atoms with Gasteiger partial charge in [-0.2, -0.15) is 12.6 Å². The molecule has 0 amide bonds. The minimum atomic E-state index is 0.341. The summed E-state index contributed by atoms with van der Waals surface area (Å²) in [5.74, 6) is 0. The molecule has 0 aromatic rings. The molecule has 0 aromatic heterocycles. The molecule has 2 heteroatoms. The minimum Gasteiger partial charge on any atom is -0.396 e. The van der Waals surface area contributed by atoms with Gasteiger partial charge in [-0.15, -0.1) is 0 Å². The quantitative estimate of drug-likeness (QED) is 0.518. The van der Waals surface area contributed by atoms with Crippen LogP contribution in [0.5, 0.6) is 0 Å². The van der Waals surface area contributed by atoms with Crippen molar-refractivity contribution in [1.82, 2.24) is 0 Å². The Bertz CT molecular complexity index is 130. The molecule has 0 aromatic carbocycles. The lowest BCUT2D eigenvalue weighted by Gasteiger charge is -2.32. The summed E-state index contributed by atoms with van der Waals surface area (Å²) in [5, 5.41) is 8.65. The van der Waals surface area contributed by atoms with E-state index in [-0.39, 0.29) is 0 Å². The van der Waals surface area contributed by atoms with Crippen molar-refractivity contribution in [1.29, 1.82) is 0 Å². The fraction of sp³-hybridized carbons (Fsp3) is 1.00. The van der Waals surface area contributed by atoms with Gasteiger partial charge in [0.15, 0.2) is 0 Å². The Kier molecular flexibility index (Phi) is 5.18. The van der Waals surface area contributed by atoms with Crippen LogP contribution in [0.4, 0.5) is 0 Å². The molecule has 0 aliphatic heterocycles. The van der Waals surface area contributed by atoms with Crippen molar-refractivity contribution in [3.8, 4) is 0 Å². The van der Waals surface area contributed by atoms with Gasteiger partial charge in [-0.25, -0.2) is 0 Å². The van der Waals surface area contributed by atoms with Crippen LogP contribution in [0.15, 0.2) is 0 Å². The summed E-state index contributed by atoms with van der Waals surface area (Å²) in [4.78, 5) is 0. The van der Waals surface area contributed by atoms with Gasteiger partial charge in [0.2, 0.25) is 0 Å². The van der Waals surface area contributed by atoms with Crippen LogP contribution in [-0.2, 0) is 0 Å². The number of rotatable bonds is 5. The Balaban J connectivity index is 2.10. The predicted octanol–water partition coefficient (Wildman–Crippen LogP) is 3.17. The second-order valence-corrected chi connectivity index (χ2v) is 5.27. The molecule has 0 saturated heterocycles. The van der Waals surface area contributed by atoms with E-state index in [2.05, 4.69) is 0 Å². The van der Waals surface area contributed by atoms with Gasteiger partial charge in [0.1, 0.15) is 0 Å². The second kappa shape index (κ2) is 5.92. The highest BCUT2D eigenvalue weighted by Gasteiger charge is 2.26. The second-order valence-electron chi connectivity index (χ2n) is 4.32. The molecule has 0 atom stereocenters. The number of unbranched alkanes of at least 4 members (excludes halogenated alkanes) is 2. The fourth-order valence-electron chi connectivity index (χ4n) is 2.20. The molecule has 0 heterocycles. The van der Waals surface area contributed by atoms with Crippen LogP contribution in [0.25, 0.3) is 0 Å². The molecule has 78 valence electrons. The Morgan fingerprint density at radius 3 is 2.31 bits per heavy atom. The van der Waals surface area contributed by atoms with Crippen molar-refractivity contribution in [3.05, 3.63) is 0 Å². The first-order valence-corrected chi connectivity index (χ1v) is 6.05. The smallest absolute Gasteiger partial charge is 0.0431 e. The highest BCUT2D eigenvalue weighted by Crippen LogP contribution is 2.37. The molecule has 1 fully saturated rings. The summed E-state index contributed by atoms with van der Waals surface area (Å²) >= 11 is 4.79. The summed E-state index contributed by atoms with van der Waals surface area (Å²) in [5.41, 5.74) is 0. The molecule has 0 radical (unpaired) electrons. The molecule has 0 bridgehead atoms. The summed E-state index contributed by atoms with van der Waals surface area (Å²) in [6.07, 6.45) is 11.3. The third-order valence-corrected chi connectivity index (χ3v) is 3.76. The van der Waals surface area contributed by atoms with Crippen molar-refractivity contribution < 1.29 is 5.11 Å². The zero-order valence-electron chi connectivity index (χ0n) is 8.47. The molecule has 13 heavy (non-hydrogen) atoms. The summed E-state index contributed by atoms with van der Waals surface area (Å²) < 4.78 is 0.341. The molecule has 1 aliphatic carbocycles. The number of aliphatic hydroxyl groups is 1. The van der Waals surface area contributed by atoms with E-state index in [1.165, 1.54) is 51.4 Å². The van der Waals surface area contributed by atoms with E-state index < -0.39 is 0 Å². The highest BCUT2D eigenvalue weighted by molar-refractivity contribution is 7.81. The van der Waals surface area contributed by atoms with Crippen LogP contribution >= 0.6 is 12.6 Å². The molecule has 1 saturated carbocycles. The minimum absolute atomic E-state index is 0.341. The van der Waals surface area contributed by atoms with Gasteiger partial charge < -0.3 is 5.11 Å². The van der Waals surface area contributed by atoms with Crippen molar-refractivity contribution in [2.45, 2.75) is 62.5 Å². The first kappa shape index (κ1) is 11.4. The van der Waals surface area contributed by atoms with Crippen LogP contribution in [0, 0.1) is 0 Å². The van der Waals surface area contributed by atoms with Crippen molar-refractivity contribution in [2.75, 3.05) is 6.61 Å². The fourth-order valence-corrected chi connectivity index (χ4v) is 2.68. The van der Waals surface area contributed by atoms with Crippen LogP contribution in [0.3, 0.4) is 0 Å². The molecule has 1 nitrogen and oxygen atoms in total. The van der Waals surface area contributed by atoms with Gasteiger partial charge in [0.25, 0.3) is 0 Å². The van der Waals surface area contributed by atoms with E-state index in [1.807, 2.05) is 0 Å². The Morgan fingerprint density at radius 1 is 1.00 bits per heavy atom. The molecule has 1 rings (SSSR count). The van der Waals surface area contributed by atoms with Crippen LogP contribution in [0.2, 0.25) is 0 Å². The molecule has 1 aliphatic rings. The topological polar surface area (TPSA) is 20.2 Å². The van der Waals surface area contributed by atoms with Gasteiger partial charge in [-0.1, -0.05) is 32.1 Å². The van der Waals surface area contributed by atoms with Gasteiger partial charge in [0.05, 0.1) is 0 Å². The van der Waals surface area contributed by atoms with Gasteiger partial charge in [0, 0.05) is 11.4 Å². The molecular formula is C11H22OS. The van der Waals surface area contributed by atoms with E-state index in [0.717, 1.165) is 6.42 Å². The number of aliphatic hydroxyl groups excluding tert-OH is 1. The molecule has 1 N–H and O–H groups in total. The lowest BCUT2D eigenvalue weighted by Crippen LogP contribution is -2.24. The van der Waals surface area contributed by atoms with Crippen LogP contribution < -0.4 is 0 Å². The molecular weight excluding hydrogens is 180 g/mol. The standard InChI is InChI=1S/C11H22OS/c12-10-6-2-5-9-11(13)7-3-1-4-8-11/h12-13H,1-10H2. The lowest BCUT2D eigenvalue weighted by atomic mass is 9.84. The summed E-state index contributed by atoms with van der Waals surface area (Å²) in [6, 6.07) is 0. The van der Waals surface area contributed by atoms with E-state index in [4.69, 9.17) is 17.7 Å². The van der Waals surface area contributed by atoms with Crippen molar-refractivity contribution in [3.63, 3.8) is 0 Å². The summed E-state index contributed by atoms with van der Waals surface area (Å²) in [6.45, 7) is 0.347. The maximum Gasteiger partial charge on any atom is 0.0431 e. The summed E-state index contributed by atoms with van der Waals surface area (Å²) in [7, 11) is 0. The first-order chi connectivity index (χ1) is 6.27. The van der Waals surface area contributed by atoms with E-state index in [0.29, 0.717) is 11.4 Å². The third-order valence-electron chi connectivity index (χ3n) is 3.08. The third kappa shape index (κ3) is 4.37. The number of hydrogen-bond acceptors (Lipinski definition) is 2. The van der Waals surface area contributed by atoms with Crippen molar-refractivity contribution >= 4 is 12.6 Å². The number of hydrogen-bond donors (Lipinski definition) is 2. The van der Waals surface area contributed by atoms with E-state index in [1.54, 1.807) is 0 Å². The van der Waals surface area contributed by atoms with Gasteiger partial charge >= 0.3 is 0 Å². The highest BCUT2D eigenvalue weighted by atomic mass is 32.1. The maximum atomic E-state index is 8.65. The zero-order valence-corrected chi connectivity index (χ0v) is 9.36. The normalized spacial score (nSPS) is 21.7. The Morgan fingerprint density at radius 2 is 1.69 bits per heavy atom. The van der Waals surface area contributed by atoms with Crippen LogP contribution in [-0.4, -0.2) is 16.5 Å². The van der Waals surface area contributed by atoms with Crippen LogP contribution in [0.1, 0.15) is 57.8 Å². The van der Waals surface area contributed by atoms with Gasteiger partial charge in [-0.05, 0) is 25.7 Å². The average Bonchev–Trinajstić information content (AvgIpc) is 2.14. The van der Waals surface area contributed by atoms with E-state index in [9.17, 15) is 0 Å².